The van der Waals surface area contributed by atoms with Crippen LogP contribution in [0, 0.1) is 36.0 Å². The number of benzene rings is 1. The number of phenols is 1. The number of methoxy groups -OCH3 is 1. The van der Waals surface area contributed by atoms with E-state index in [9.17, 15) is 18.1 Å². The summed E-state index contributed by atoms with van der Waals surface area (Å²) in [5.41, 5.74) is 1.61. The van der Waals surface area contributed by atoms with Crippen LogP contribution in [0.15, 0.2) is 4.90 Å². The van der Waals surface area contributed by atoms with Crippen molar-refractivity contribution in [1.82, 2.24) is 0 Å². The van der Waals surface area contributed by atoms with Gasteiger partial charge in [0, 0.05) is 5.56 Å². The first-order valence-corrected chi connectivity index (χ1v) is 12.5. The fourth-order valence-electron chi connectivity index (χ4n) is 6.22. The quantitative estimate of drug-likeness (QED) is 0.416. The average Bonchev–Trinajstić information content (AvgIpc) is 2.49. The molecule has 1 unspecified atom stereocenters. The van der Waals surface area contributed by atoms with Crippen molar-refractivity contribution in [3.8, 4) is 11.5 Å². The molecule has 1 atom stereocenters. The van der Waals surface area contributed by atoms with Crippen molar-refractivity contribution in [3.05, 3.63) is 16.7 Å². The van der Waals surface area contributed by atoms with Crippen molar-refractivity contribution in [2.75, 3.05) is 7.11 Å². The smallest absolute Gasteiger partial charge is 0.301 e. The number of rotatable bonds is 8. The summed E-state index contributed by atoms with van der Waals surface area (Å²) in [6.07, 6.45) is 1.82. The van der Waals surface area contributed by atoms with Gasteiger partial charge in [-0.05, 0) is 65.9 Å². The first-order valence-electron chi connectivity index (χ1n) is 11.0. The minimum absolute atomic E-state index is 0.0481. The van der Waals surface area contributed by atoms with Gasteiger partial charge in [0.2, 0.25) is 0 Å². The molecule has 0 fully saturated rings. The zero-order chi connectivity index (χ0) is 24.7. The van der Waals surface area contributed by atoms with Crippen molar-refractivity contribution in [3.63, 3.8) is 0 Å². The predicted octanol–water partition coefficient (Wildman–Crippen LogP) is 6.88. The Labute approximate surface area is 190 Å². The molecule has 0 aliphatic rings. The molecule has 2 N–H and O–H groups in total. The Kier molecular flexibility index (Phi) is 8.00. The molecule has 0 saturated heterocycles. The van der Waals surface area contributed by atoms with Crippen LogP contribution in [0.5, 0.6) is 11.5 Å². The zero-order valence-electron chi connectivity index (χ0n) is 21.6. The summed E-state index contributed by atoms with van der Waals surface area (Å²) in [6, 6.07) is 0. The van der Waals surface area contributed by atoms with Crippen molar-refractivity contribution in [2.45, 2.75) is 99.8 Å². The lowest BCUT2D eigenvalue weighted by Crippen LogP contribution is -2.38. The number of ether oxygens (including phenoxy) is 1. The highest BCUT2D eigenvalue weighted by Gasteiger charge is 2.47. The number of hydrogen-bond donors (Lipinski definition) is 2. The van der Waals surface area contributed by atoms with Gasteiger partial charge in [-0.3, -0.25) is 4.55 Å². The van der Waals surface area contributed by atoms with Crippen LogP contribution < -0.4 is 4.74 Å². The van der Waals surface area contributed by atoms with E-state index in [1.165, 1.54) is 7.11 Å². The molecule has 1 rings (SSSR count). The monoisotopic (exact) mass is 456 g/mol. The van der Waals surface area contributed by atoms with Crippen LogP contribution in [0.1, 0.15) is 97.8 Å². The first kappa shape index (κ1) is 27.8. The van der Waals surface area contributed by atoms with Crippen molar-refractivity contribution in [2.24, 2.45) is 22.2 Å². The van der Waals surface area contributed by atoms with Crippen molar-refractivity contribution < 1.29 is 22.8 Å². The highest BCUT2D eigenvalue weighted by Crippen LogP contribution is 2.59. The molecular weight excluding hydrogens is 412 g/mol. The third-order valence-electron chi connectivity index (χ3n) is 6.22. The minimum Gasteiger partial charge on any atom is -0.506 e. The summed E-state index contributed by atoms with van der Waals surface area (Å²) in [5, 5.41) is 10.7. The average molecular weight is 457 g/mol. The lowest BCUT2D eigenvalue weighted by Gasteiger charge is -2.49. The normalized spacial score (nSPS) is 14.8. The molecular formula is C25H44O5S. The highest BCUT2D eigenvalue weighted by atomic mass is 32.2. The maximum Gasteiger partial charge on any atom is 0.301 e. The van der Waals surface area contributed by atoms with Gasteiger partial charge in [0.25, 0.3) is 0 Å². The van der Waals surface area contributed by atoms with Crippen LogP contribution >= 0.6 is 0 Å². The van der Waals surface area contributed by atoms with E-state index < -0.39 is 20.8 Å². The molecule has 1 aromatic carbocycles. The van der Waals surface area contributed by atoms with Crippen LogP contribution in [0.4, 0.5) is 0 Å². The Balaban J connectivity index is 4.17. The van der Waals surface area contributed by atoms with E-state index in [1.807, 2.05) is 6.92 Å². The second kappa shape index (κ2) is 8.93. The minimum atomic E-state index is -4.70. The lowest BCUT2D eigenvalue weighted by atomic mass is 9.55. The predicted molar refractivity (Wildman–Crippen MR) is 128 cm³/mol. The van der Waals surface area contributed by atoms with Crippen LogP contribution in [-0.4, -0.2) is 25.2 Å². The first-order chi connectivity index (χ1) is 13.7. The second-order valence-corrected chi connectivity index (χ2v) is 13.5. The topological polar surface area (TPSA) is 83.8 Å². The third-order valence-corrected chi connectivity index (χ3v) is 7.12. The Morgan fingerprint density at radius 2 is 1.42 bits per heavy atom. The maximum atomic E-state index is 12.3. The van der Waals surface area contributed by atoms with Crippen LogP contribution in [0.2, 0.25) is 0 Å². The molecule has 0 bridgehead atoms. The van der Waals surface area contributed by atoms with E-state index >= 15 is 0 Å². The fourth-order valence-corrected chi connectivity index (χ4v) is 7.04. The van der Waals surface area contributed by atoms with Gasteiger partial charge in [0.1, 0.15) is 11.5 Å². The van der Waals surface area contributed by atoms with E-state index in [2.05, 4.69) is 62.3 Å². The summed E-state index contributed by atoms with van der Waals surface area (Å²) in [4.78, 5) is -0.537. The Morgan fingerprint density at radius 1 is 0.935 bits per heavy atom. The van der Waals surface area contributed by atoms with Gasteiger partial charge in [-0.25, -0.2) is 0 Å². The van der Waals surface area contributed by atoms with E-state index in [-0.39, 0.29) is 27.9 Å². The molecule has 5 nitrogen and oxygen atoms in total. The molecule has 0 aliphatic carbocycles. The standard InChI is InChI=1S/C25H44O5S/c1-15(2)13-24(8,9)22(25(10,11)14-23(5,6)7)18-16(3)17(4)19(26)21(20(18)30-12)31(27,28)29/h15,22,26H,13-14H2,1-12H3,(H,27,28,29). The summed E-state index contributed by atoms with van der Waals surface area (Å²) >= 11 is 0. The van der Waals surface area contributed by atoms with Gasteiger partial charge in [-0.15, -0.1) is 0 Å². The molecule has 0 saturated carbocycles. The molecule has 0 heterocycles. The Morgan fingerprint density at radius 3 is 1.77 bits per heavy atom. The van der Waals surface area contributed by atoms with E-state index in [0.29, 0.717) is 11.5 Å². The summed E-state index contributed by atoms with van der Waals surface area (Å²) in [7, 11) is -3.30. The summed E-state index contributed by atoms with van der Waals surface area (Å²) in [6.45, 7) is 23.4. The number of hydrogen-bond acceptors (Lipinski definition) is 4. The van der Waals surface area contributed by atoms with Crippen molar-refractivity contribution >= 4 is 10.1 Å². The summed E-state index contributed by atoms with van der Waals surface area (Å²) in [5.74, 6) is -0.0496. The van der Waals surface area contributed by atoms with E-state index in [4.69, 9.17) is 4.74 Å². The maximum absolute atomic E-state index is 12.3. The Bertz CT molecular complexity index is 903. The molecule has 0 radical (unpaired) electrons. The molecule has 0 aromatic heterocycles. The van der Waals surface area contributed by atoms with E-state index in [0.717, 1.165) is 24.0 Å². The van der Waals surface area contributed by atoms with Crippen LogP contribution in [0.25, 0.3) is 0 Å². The summed E-state index contributed by atoms with van der Waals surface area (Å²) < 4.78 is 40.2. The number of aromatic hydroxyl groups is 1. The van der Waals surface area contributed by atoms with Gasteiger partial charge in [0.15, 0.2) is 4.90 Å². The van der Waals surface area contributed by atoms with Crippen molar-refractivity contribution in [1.29, 1.82) is 0 Å². The van der Waals surface area contributed by atoms with Gasteiger partial charge >= 0.3 is 10.1 Å². The molecule has 1 aromatic rings. The fraction of sp³-hybridized carbons (Fsp3) is 0.760. The van der Waals surface area contributed by atoms with Crippen LogP contribution in [0.3, 0.4) is 0 Å². The third kappa shape index (κ3) is 6.16. The second-order valence-electron chi connectivity index (χ2n) is 12.1. The lowest BCUT2D eigenvalue weighted by molar-refractivity contribution is 0.0764. The van der Waals surface area contributed by atoms with Gasteiger partial charge in [0.05, 0.1) is 7.11 Å². The highest BCUT2D eigenvalue weighted by molar-refractivity contribution is 7.86. The molecule has 31 heavy (non-hydrogen) atoms. The number of phenolic OH excluding ortho intramolecular Hbond substituents is 1. The Hall–Kier alpha value is -1.27. The molecule has 0 amide bonds. The van der Waals surface area contributed by atoms with Gasteiger partial charge in [-0.1, -0.05) is 62.3 Å². The van der Waals surface area contributed by atoms with Gasteiger partial charge in [-0.2, -0.15) is 8.42 Å². The largest absolute Gasteiger partial charge is 0.506 e. The van der Waals surface area contributed by atoms with Crippen LogP contribution in [-0.2, 0) is 10.1 Å². The zero-order valence-corrected chi connectivity index (χ0v) is 22.4. The molecule has 0 aliphatic heterocycles. The molecule has 0 spiro atoms. The van der Waals surface area contributed by atoms with E-state index in [1.54, 1.807) is 6.92 Å². The molecule has 6 heteroatoms. The SMILES string of the molecule is COc1c(C(C(C)(C)CC(C)C)C(C)(C)CC(C)(C)C)c(C)c(C)c(O)c1S(=O)(=O)O. The van der Waals surface area contributed by atoms with Gasteiger partial charge < -0.3 is 9.84 Å². The molecule has 180 valence electrons.